The SMILES string of the molecule is C[N+](C)(C)CC(CC(=O)[O-])OC(=O)CCc1ccccc1. The van der Waals surface area contributed by atoms with Crippen molar-refractivity contribution < 1.29 is 23.9 Å². The lowest BCUT2D eigenvalue weighted by atomic mass is 10.1. The molecule has 0 aromatic heterocycles. The van der Waals surface area contributed by atoms with E-state index in [2.05, 4.69) is 0 Å². The second-order valence-electron chi connectivity index (χ2n) is 6.15. The highest BCUT2D eigenvalue weighted by Gasteiger charge is 2.22. The van der Waals surface area contributed by atoms with E-state index in [-0.39, 0.29) is 18.8 Å². The Hall–Kier alpha value is -1.88. The first kappa shape index (κ1) is 17.2. The molecule has 1 aromatic carbocycles. The number of rotatable bonds is 8. The average molecular weight is 293 g/mol. The van der Waals surface area contributed by atoms with Gasteiger partial charge in [0.1, 0.15) is 6.54 Å². The summed E-state index contributed by atoms with van der Waals surface area (Å²) in [6, 6.07) is 9.63. The Morgan fingerprint density at radius 1 is 1.19 bits per heavy atom. The first-order valence-corrected chi connectivity index (χ1v) is 7.00. The lowest BCUT2D eigenvalue weighted by molar-refractivity contribution is -0.873. The fourth-order valence-electron chi connectivity index (χ4n) is 2.08. The minimum atomic E-state index is -1.20. The van der Waals surface area contributed by atoms with E-state index >= 15 is 0 Å². The van der Waals surface area contributed by atoms with Crippen molar-refractivity contribution in [1.29, 1.82) is 0 Å². The Labute approximate surface area is 125 Å². The lowest BCUT2D eigenvalue weighted by Crippen LogP contribution is -2.45. The molecule has 1 aromatic rings. The number of aliphatic carboxylic acids is 1. The lowest BCUT2D eigenvalue weighted by Gasteiger charge is -2.29. The predicted molar refractivity (Wildman–Crippen MR) is 77.2 cm³/mol. The Kier molecular flexibility index (Phi) is 6.37. The maximum absolute atomic E-state index is 11.9. The summed E-state index contributed by atoms with van der Waals surface area (Å²) in [6.45, 7) is 0.436. The minimum Gasteiger partial charge on any atom is -0.550 e. The van der Waals surface area contributed by atoms with Crippen LogP contribution >= 0.6 is 0 Å². The van der Waals surface area contributed by atoms with Crippen molar-refractivity contribution in [2.24, 2.45) is 0 Å². The number of quaternary nitrogens is 1. The molecule has 116 valence electrons. The van der Waals surface area contributed by atoms with Crippen LogP contribution in [0.2, 0.25) is 0 Å². The normalized spacial score (nSPS) is 12.7. The van der Waals surface area contributed by atoms with Gasteiger partial charge in [0, 0.05) is 18.8 Å². The van der Waals surface area contributed by atoms with Crippen LogP contribution in [-0.2, 0) is 20.7 Å². The zero-order valence-electron chi connectivity index (χ0n) is 12.9. The highest BCUT2D eigenvalue weighted by molar-refractivity contribution is 5.71. The molecule has 0 heterocycles. The maximum Gasteiger partial charge on any atom is 0.306 e. The second-order valence-corrected chi connectivity index (χ2v) is 6.15. The smallest absolute Gasteiger partial charge is 0.306 e. The zero-order valence-corrected chi connectivity index (χ0v) is 12.9. The molecule has 5 nitrogen and oxygen atoms in total. The van der Waals surface area contributed by atoms with Gasteiger partial charge in [0.05, 0.1) is 21.1 Å². The summed E-state index contributed by atoms with van der Waals surface area (Å²) in [5, 5.41) is 10.7. The molecule has 0 aliphatic heterocycles. The molecule has 0 spiro atoms. The average Bonchev–Trinajstić information content (AvgIpc) is 2.34. The van der Waals surface area contributed by atoms with Gasteiger partial charge in [-0.25, -0.2) is 0 Å². The highest BCUT2D eigenvalue weighted by atomic mass is 16.5. The van der Waals surface area contributed by atoms with E-state index in [0.717, 1.165) is 5.56 Å². The van der Waals surface area contributed by atoms with Crippen molar-refractivity contribution in [3.05, 3.63) is 35.9 Å². The number of likely N-dealkylation sites (N-methyl/N-ethyl adjacent to an activating group) is 1. The van der Waals surface area contributed by atoms with E-state index in [1.165, 1.54) is 0 Å². The Morgan fingerprint density at radius 3 is 2.33 bits per heavy atom. The standard InChI is InChI=1S/C16H23NO4/c1-17(2,3)12-14(11-15(18)19)21-16(20)10-9-13-7-5-4-6-8-13/h4-8,14H,9-12H2,1-3H3. The molecule has 0 amide bonds. The van der Waals surface area contributed by atoms with Crippen LogP contribution in [0, 0.1) is 0 Å². The molecule has 1 rings (SSSR count). The Morgan fingerprint density at radius 2 is 1.81 bits per heavy atom. The third-order valence-electron chi connectivity index (χ3n) is 2.90. The number of hydrogen-bond donors (Lipinski definition) is 0. The van der Waals surface area contributed by atoms with Crippen molar-refractivity contribution in [3.8, 4) is 0 Å². The number of carbonyl (C=O) groups is 2. The van der Waals surface area contributed by atoms with Gasteiger partial charge in [0.15, 0.2) is 6.10 Å². The molecule has 0 bridgehead atoms. The predicted octanol–water partition coefficient (Wildman–Crippen LogP) is 0.377. The minimum absolute atomic E-state index is 0.241. The molecule has 0 saturated heterocycles. The van der Waals surface area contributed by atoms with Crippen molar-refractivity contribution in [1.82, 2.24) is 0 Å². The molecular formula is C16H23NO4. The molecule has 5 heteroatoms. The summed E-state index contributed by atoms with van der Waals surface area (Å²) < 4.78 is 5.80. The van der Waals surface area contributed by atoms with Gasteiger partial charge in [0.2, 0.25) is 0 Å². The van der Waals surface area contributed by atoms with E-state index in [1.54, 1.807) is 0 Å². The van der Waals surface area contributed by atoms with Gasteiger partial charge in [-0.1, -0.05) is 30.3 Å². The molecule has 0 aliphatic rings. The van der Waals surface area contributed by atoms with E-state index in [1.807, 2.05) is 51.5 Å². The van der Waals surface area contributed by atoms with Crippen LogP contribution in [0.5, 0.6) is 0 Å². The summed E-state index contributed by atoms with van der Waals surface area (Å²) in [5.74, 6) is -1.58. The zero-order chi connectivity index (χ0) is 15.9. The largest absolute Gasteiger partial charge is 0.550 e. The number of carbonyl (C=O) groups excluding carboxylic acids is 2. The topological polar surface area (TPSA) is 66.4 Å². The molecule has 0 fully saturated rings. The number of nitrogens with zero attached hydrogens (tertiary/aromatic N) is 1. The summed E-state index contributed by atoms with van der Waals surface area (Å²) >= 11 is 0. The van der Waals surface area contributed by atoms with Crippen LogP contribution in [-0.4, -0.2) is 50.2 Å². The number of carboxylic acids is 1. The van der Waals surface area contributed by atoms with Crippen LogP contribution in [0.15, 0.2) is 30.3 Å². The van der Waals surface area contributed by atoms with E-state index in [0.29, 0.717) is 17.4 Å². The van der Waals surface area contributed by atoms with Gasteiger partial charge in [-0.2, -0.15) is 0 Å². The fraction of sp³-hybridized carbons (Fsp3) is 0.500. The van der Waals surface area contributed by atoms with Crippen molar-refractivity contribution in [2.75, 3.05) is 27.7 Å². The third kappa shape index (κ3) is 8.09. The molecule has 21 heavy (non-hydrogen) atoms. The van der Waals surface area contributed by atoms with Gasteiger partial charge in [-0.3, -0.25) is 4.79 Å². The van der Waals surface area contributed by atoms with Crippen LogP contribution in [0.25, 0.3) is 0 Å². The Bertz CT molecular complexity index is 465. The van der Waals surface area contributed by atoms with Crippen LogP contribution in [0.4, 0.5) is 0 Å². The van der Waals surface area contributed by atoms with Gasteiger partial charge >= 0.3 is 5.97 Å². The molecule has 1 unspecified atom stereocenters. The van der Waals surface area contributed by atoms with E-state index in [4.69, 9.17) is 4.74 Å². The number of aryl methyl sites for hydroxylation is 1. The second kappa shape index (κ2) is 7.78. The summed E-state index contributed by atoms with van der Waals surface area (Å²) in [6.07, 6.45) is -0.0994. The quantitative estimate of drug-likeness (QED) is 0.513. The van der Waals surface area contributed by atoms with Crippen molar-refractivity contribution >= 4 is 11.9 Å². The number of carboxylic acid groups (broad SMARTS) is 1. The summed E-state index contributed by atoms with van der Waals surface area (Å²) in [7, 11) is 5.75. The number of benzene rings is 1. The molecule has 1 atom stereocenters. The molecule has 0 saturated carbocycles. The number of esters is 1. The van der Waals surface area contributed by atoms with Gasteiger partial charge < -0.3 is 19.1 Å². The Balaban J connectivity index is 2.49. The van der Waals surface area contributed by atoms with Crippen LogP contribution in [0.1, 0.15) is 18.4 Å². The molecule has 0 aliphatic carbocycles. The van der Waals surface area contributed by atoms with E-state index < -0.39 is 12.1 Å². The maximum atomic E-state index is 11.9. The summed E-state index contributed by atoms with van der Waals surface area (Å²) in [5.41, 5.74) is 1.05. The summed E-state index contributed by atoms with van der Waals surface area (Å²) in [4.78, 5) is 22.6. The van der Waals surface area contributed by atoms with Crippen molar-refractivity contribution in [3.63, 3.8) is 0 Å². The highest BCUT2D eigenvalue weighted by Crippen LogP contribution is 2.08. The monoisotopic (exact) mass is 293 g/mol. The first-order chi connectivity index (χ1) is 9.76. The van der Waals surface area contributed by atoms with Crippen molar-refractivity contribution in [2.45, 2.75) is 25.4 Å². The van der Waals surface area contributed by atoms with E-state index in [9.17, 15) is 14.7 Å². The number of hydrogen-bond acceptors (Lipinski definition) is 4. The molecular weight excluding hydrogens is 270 g/mol. The third-order valence-corrected chi connectivity index (χ3v) is 2.90. The fourth-order valence-corrected chi connectivity index (χ4v) is 2.08. The van der Waals surface area contributed by atoms with Gasteiger partial charge in [-0.15, -0.1) is 0 Å². The van der Waals surface area contributed by atoms with Gasteiger partial charge in [0.25, 0.3) is 0 Å². The molecule has 0 N–H and O–H groups in total. The number of ether oxygens (including phenoxy) is 1. The van der Waals surface area contributed by atoms with Gasteiger partial charge in [-0.05, 0) is 12.0 Å². The van der Waals surface area contributed by atoms with Crippen LogP contribution < -0.4 is 5.11 Å². The van der Waals surface area contributed by atoms with Crippen LogP contribution in [0.3, 0.4) is 0 Å². The first-order valence-electron chi connectivity index (χ1n) is 7.00. The molecule has 0 radical (unpaired) electrons.